The first-order chi connectivity index (χ1) is 9.02. The lowest BCUT2D eigenvalue weighted by Gasteiger charge is -2.18. The summed E-state index contributed by atoms with van der Waals surface area (Å²) in [7, 11) is 0. The SMILES string of the molecule is CC(C)CC(CCO)CNC(=O)c1ccnc(F)c1. The summed E-state index contributed by atoms with van der Waals surface area (Å²) in [6.07, 6.45) is 2.86. The average Bonchev–Trinajstić information content (AvgIpc) is 2.35. The van der Waals surface area contributed by atoms with Gasteiger partial charge >= 0.3 is 0 Å². The molecule has 4 nitrogen and oxygen atoms in total. The summed E-state index contributed by atoms with van der Waals surface area (Å²) >= 11 is 0. The zero-order chi connectivity index (χ0) is 14.3. The Balaban J connectivity index is 2.51. The van der Waals surface area contributed by atoms with E-state index in [-0.39, 0.29) is 24.0 Å². The number of aliphatic hydroxyl groups excluding tert-OH is 1. The monoisotopic (exact) mass is 268 g/mol. The van der Waals surface area contributed by atoms with Gasteiger partial charge in [0.25, 0.3) is 5.91 Å². The van der Waals surface area contributed by atoms with Crippen LogP contribution in [0, 0.1) is 17.8 Å². The van der Waals surface area contributed by atoms with Gasteiger partial charge in [0, 0.05) is 31.0 Å². The van der Waals surface area contributed by atoms with Crippen LogP contribution in [0.5, 0.6) is 0 Å². The Labute approximate surface area is 113 Å². The molecule has 1 aromatic heterocycles. The first kappa shape index (κ1) is 15.6. The fraction of sp³-hybridized carbons (Fsp3) is 0.571. The van der Waals surface area contributed by atoms with E-state index in [0.717, 1.165) is 12.5 Å². The lowest BCUT2D eigenvalue weighted by atomic mass is 9.94. The van der Waals surface area contributed by atoms with Crippen LogP contribution in [0.4, 0.5) is 4.39 Å². The fourth-order valence-corrected chi connectivity index (χ4v) is 2.04. The van der Waals surface area contributed by atoms with E-state index in [1.54, 1.807) is 0 Å². The van der Waals surface area contributed by atoms with Crippen molar-refractivity contribution in [3.63, 3.8) is 0 Å². The molecule has 1 rings (SSSR count). The number of amides is 1. The van der Waals surface area contributed by atoms with Gasteiger partial charge in [-0.05, 0) is 30.7 Å². The van der Waals surface area contributed by atoms with E-state index in [0.29, 0.717) is 18.9 Å². The molecule has 0 aliphatic heterocycles. The Morgan fingerprint density at radius 2 is 2.26 bits per heavy atom. The summed E-state index contributed by atoms with van der Waals surface area (Å²) in [6.45, 7) is 4.80. The number of rotatable bonds is 7. The van der Waals surface area contributed by atoms with Crippen LogP contribution >= 0.6 is 0 Å². The lowest BCUT2D eigenvalue weighted by Crippen LogP contribution is -2.30. The minimum Gasteiger partial charge on any atom is -0.396 e. The third kappa shape index (κ3) is 5.79. The van der Waals surface area contributed by atoms with Crippen LogP contribution in [0.1, 0.15) is 37.0 Å². The predicted molar refractivity (Wildman–Crippen MR) is 71.2 cm³/mol. The van der Waals surface area contributed by atoms with Gasteiger partial charge in [0.1, 0.15) is 0 Å². The van der Waals surface area contributed by atoms with Crippen molar-refractivity contribution in [1.29, 1.82) is 0 Å². The normalized spacial score (nSPS) is 12.5. The second kappa shape index (κ2) is 7.84. The van der Waals surface area contributed by atoms with Crippen LogP contribution in [-0.4, -0.2) is 29.1 Å². The third-order valence-electron chi connectivity index (χ3n) is 2.88. The molecule has 19 heavy (non-hydrogen) atoms. The second-order valence-electron chi connectivity index (χ2n) is 5.09. The number of pyridine rings is 1. The molecule has 1 aromatic rings. The zero-order valence-corrected chi connectivity index (χ0v) is 11.4. The number of aliphatic hydroxyl groups is 1. The van der Waals surface area contributed by atoms with Gasteiger partial charge in [-0.2, -0.15) is 4.39 Å². The summed E-state index contributed by atoms with van der Waals surface area (Å²) in [5.74, 6) is -0.234. The number of halogens is 1. The molecule has 0 aliphatic rings. The van der Waals surface area contributed by atoms with Gasteiger partial charge in [0.15, 0.2) is 0 Å². The molecule has 0 spiro atoms. The van der Waals surface area contributed by atoms with Crippen LogP contribution in [0.2, 0.25) is 0 Å². The number of aromatic nitrogens is 1. The highest BCUT2D eigenvalue weighted by molar-refractivity contribution is 5.93. The molecule has 0 radical (unpaired) electrons. The molecular formula is C14H21FN2O2. The summed E-state index contributed by atoms with van der Waals surface area (Å²) < 4.78 is 12.9. The molecule has 0 aliphatic carbocycles. The van der Waals surface area contributed by atoms with Crippen LogP contribution in [-0.2, 0) is 0 Å². The minimum atomic E-state index is -0.665. The Hall–Kier alpha value is -1.49. The summed E-state index contributed by atoms with van der Waals surface area (Å²) in [6, 6.07) is 2.58. The molecule has 1 heterocycles. The Bertz CT molecular complexity index is 410. The highest BCUT2D eigenvalue weighted by Gasteiger charge is 2.13. The van der Waals surface area contributed by atoms with Crippen molar-refractivity contribution >= 4 is 5.91 Å². The van der Waals surface area contributed by atoms with Gasteiger partial charge in [-0.3, -0.25) is 4.79 Å². The summed E-state index contributed by atoms with van der Waals surface area (Å²) in [5, 5.41) is 11.8. The lowest BCUT2D eigenvalue weighted by molar-refractivity contribution is 0.0940. The van der Waals surface area contributed by atoms with Crippen LogP contribution in [0.3, 0.4) is 0 Å². The maximum atomic E-state index is 12.9. The number of carbonyl (C=O) groups excluding carboxylic acids is 1. The van der Waals surface area contributed by atoms with Crippen LogP contribution in [0.15, 0.2) is 18.3 Å². The van der Waals surface area contributed by atoms with Crippen molar-refractivity contribution in [2.75, 3.05) is 13.2 Å². The van der Waals surface area contributed by atoms with Gasteiger partial charge in [-0.25, -0.2) is 4.98 Å². The number of carbonyl (C=O) groups is 1. The van der Waals surface area contributed by atoms with E-state index in [1.165, 1.54) is 12.3 Å². The van der Waals surface area contributed by atoms with Crippen molar-refractivity contribution in [1.82, 2.24) is 10.3 Å². The molecule has 5 heteroatoms. The average molecular weight is 268 g/mol. The molecule has 0 saturated heterocycles. The predicted octanol–water partition coefficient (Wildman–Crippen LogP) is 2.00. The molecule has 1 atom stereocenters. The molecule has 106 valence electrons. The highest BCUT2D eigenvalue weighted by atomic mass is 19.1. The largest absolute Gasteiger partial charge is 0.396 e. The first-order valence-corrected chi connectivity index (χ1v) is 6.53. The van der Waals surface area contributed by atoms with E-state index >= 15 is 0 Å². The van der Waals surface area contributed by atoms with E-state index in [4.69, 9.17) is 5.11 Å². The Morgan fingerprint density at radius 1 is 1.53 bits per heavy atom. The summed E-state index contributed by atoms with van der Waals surface area (Å²) in [4.78, 5) is 15.2. The van der Waals surface area contributed by atoms with Crippen LogP contribution in [0.25, 0.3) is 0 Å². The van der Waals surface area contributed by atoms with Crippen molar-refractivity contribution in [3.8, 4) is 0 Å². The summed E-state index contributed by atoms with van der Waals surface area (Å²) in [5.41, 5.74) is 0.264. The van der Waals surface area contributed by atoms with Crippen LogP contribution < -0.4 is 5.32 Å². The topological polar surface area (TPSA) is 62.2 Å². The third-order valence-corrected chi connectivity index (χ3v) is 2.88. The van der Waals surface area contributed by atoms with E-state index < -0.39 is 5.95 Å². The molecule has 0 fully saturated rings. The maximum absolute atomic E-state index is 12.9. The van der Waals surface area contributed by atoms with Gasteiger partial charge in [-0.15, -0.1) is 0 Å². The number of hydrogen-bond acceptors (Lipinski definition) is 3. The molecule has 1 amide bonds. The standard InChI is InChI=1S/C14H21FN2O2/c1-10(2)7-11(4-6-18)9-17-14(19)12-3-5-16-13(15)8-12/h3,5,8,10-11,18H,4,6-7,9H2,1-2H3,(H,17,19). The van der Waals surface area contributed by atoms with Crippen molar-refractivity contribution in [3.05, 3.63) is 29.8 Å². The molecule has 0 bridgehead atoms. The molecule has 1 unspecified atom stereocenters. The first-order valence-electron chi connectivity index (χ1n) is 6.53. The fourth-order valence-electron chi connectivity index (χ4n) is 2.04. The Morgan fingerprint density at radius 3 is 2.84 bits per heavy atom. The molecule has 0 aromatic carbocycles. The number of hydrogen-bond donors (Lipinski definition) is 2. The molecular weight excluding hydrogens is 247 g/mol. The van der Waals surface area contributed by atoms with E-state index in [9.17, 15) is 9.18 Å². The maximum Gasteiger partial charge on any atom is 0.251 e. The second-order valence-corrected chi connectivity index (χ2v) is 5.09. The number of nitrogens with one attached hydrogen (secondary N) is 1. The zero-order valence-electron chi connectivity index (χ0n) is 11.4. The Kier molecular flexibility index (Phi) is 6.42. The smallest absolute Gasteiger partial charge is 0.251 e. The van der Waals surface area contributed by atoms with Crippen molar-refractivity contribution in [2.24, 2.45) is 11.8 Å². The minimum absolute atomic E-state index is 0.108. The van der Waals surface area contributed by atoms with Gasteiger partial charge in [0.2, 0.25) is 5.95 Å². The quantitative estimate of drug-likeness (QED) is 0.743. The molecule has 0 saturated carbocycles. The number of nitrogens with zero attached hydrogens (tertiary/aromatic N) is 1. The highest BCUT2D eigenvalue weighted by Crippen LogP contribution is 2.14. The van der Waals surface area contributed by atoms with E-state index in [1.807, 2.05) is 0 Å². The van der Waals surface area contributed by atoms with E-state index in [2.05, 4.69) is 24.1 Å². The van der Waals surface area contributed by atoms with Crippen molar-refractivity contribution < 1.29 is 14.3 Å². The van der Waals surface area contributed by atoms with Gasteiger partial charge < -0.3 is 10.4 Å². The van der Waals surface area contributed by atoms with Gasteiger partial charge in [0.05, 0.1) is 0 Å². The van der Waals surface area contributed by atoms with Crippen molar-refractivity contribution in [2.45, 2.75) is 26.7 Å². The van der Waals surface area contributed by atoms with Gasteiger partial charge in [-0.1, -0.05) is 13.8 Å². The molecule has 2 N–H and O–H groups in total.